The molecular formula is C23H18F2N2O3. The number of carbonyl (C=O) groups is 3. The highest BCUT2D eigenvalue weighted by atomic mass is 19.1. The molecule has 3 N–H and O–H groups in total. The van der Waals surface area contributed by atoms with Gasteiger partial charge < -0.3 is 11.1 Å². The lowest BCUT2D eigenvalue weighted by molar-refractivity contribution is -0.119. The molecule has 0 aliphatic heterocycles. The molecule has 0 aliphatic rings. The summed E-state index contributed by atoms with van der Waals surface area (Å²) in [6, 6.07) is 16.6. The molecule has 0 saturated carbocycles. The predicted octanol–water partition coefficient (Wildman–Crippen LogP) is 3.02. The van der Waals surface area contributed by atoms with Crippen molar-refractivity contribution in [3.63, 3.8) is 0 Å². The van der Waals surface area contributed by atoms with E-state index in [2.05, 4.69) is 5.32 Å². The zero-order valence-corrected chi connectivity index (χ0v) is 15.8. The zero-order chi connectivity index (χ0) is 21.7. The van der Waals surface area contributed by atoms with Crippen LogP contribution in [0.1, 0.15) is 31.8 Å². The summed E-state index contributed by atoms with van der Waals surface area (Å²) in [6.45, 7) is 0. The molecule has 7 heteroatoms. The molecule has 2 amide bonds. The van der Waals surface area contributed by atoms with Crippen molar-refractivity contribution < 1.29 is 23.2 Å². The van der Waals surface area contributed by atoms with Gasteiger partial charge in [0.25, 0.3) is 5.91 Å². The summed E-state index contributed by atoms with van der Waals surface area (Å²) in [5.74, 6) is -3.59. The molecule has 152 valence electrons. The highest BCUT2D eigenvalue weighted by Crippen LogP contribution is 2.13. The molecule has 0 spiro atoms. The van der Waals surface area contributed by atoms with Gasteiger partial charge in [0.2, 0.25) is 5.91 Å². The van der Waals surface area contributed by atoms with Gasteiger partial charge in [-0.2, -0.15) is 0 Å². The van der Waals surface area contributed by atoms with Crippen molar-refractivity contribution in [3.05, 3.63) is 107 Å². The van der Waals surface area contributed by atoms with Crippen molar-refractivity contribution in [1.29, 1.82) is 0 Å². The number of nitrogens with two attached hydrogens (primary N) is 1. The highest BCUT2D eigenvalue weighted by Gasteiger charge is 2.20. The van der Waals surface area contributed by atoms with Gasteiger partial charge in [0.1, 0.15) is 17.7 Å². The van der Waals surface area contributed by atoms with Crippen molar-refractivity contribution in [3.8, 4) is 0 Å². The second-order valence-corrected chi connectivity index (χ2v) is 6.68. The predicted molar refractivity (Wildman–Crippen MR) is 107 cm³/mol. The molecule has 5 nitrogen and oxygen atoms in total. The van der Waals surface area contributed by atoms with Gasteiger partial charge in [-0.05, 0) is 17.7 Å². The van der Waals surface area contributed by atoms with Gasteiger partial charge in [0.15, 0.2) is 5.78 Å². The van der Waals surface area contributed by atoms with Gasteiger partial charge in [-0.15, -0.1) is 0 Å². The minimum absolute atomic E-state index is 0.0542. The maximum absolute atomic E-state index is 13.3. The Bertz CT molecular complexity index is 1060. The molecule has 3 aromatic rings. The number of hydrogen-bond acceptors (Lipinski definition) is 3. The number of benzene rings is 3. The summed E-state index contributed by atoms with van der Waals surface area (Å²) in [5.41, 5.74) is 6.78. The number of rotatable bonds is 7. The smallest absolute Gasteiger partial charge is 0.252 e. The van der Waals surface area contributed by atoms with Gasteiger partial charge in [0.05, 0.1) is 0 Å². The molecule has 3 rings (SSSR count). The third-order valence-corrected chi connectivity index (χ3v) is 4.47. The van der Waals surface area contributed by atoms with E-state index in [1.807, 2.05) is 6.07 Å². The molecule has 0 heterocycles. The summed E-state index contributed by atoms with van der Waals surface area (Å²) in [5, 5.41) is 2.39. The summed E-state index contributed by atoms with van der Waals surface area (Å²) >= 11 is 0. The second-order valence-electron chi connectivity index (χ2n) is 6.68. The van der Waals surface area contributed by atoms with Gasteiger partial charge in [-0.25, -0.2) is 8.78 Å². The van der Waals surface area contributed by atoms with Gasteiger partial charge >= 0.3 is 0 Å². The average Bonchev–Trinajstić information content (AvgIpc) is 2.73. The second kappa shape index (κ2) is 9.09. The van der Waals surface area contributed by atoms with Gasteiger partial charge in [-0.3, -0.25) is 14.4 Å². The molecule has 30 heavy (non-hydrogen) atoms. The minimum atomic E-state index is -1.10. The van der Waals surface area contributed by atoms with Crippen LogP contribution in [0.3, 0.4) is 0 Å². The first kappa shape index (κ1) is 20.9. The Morgan fingerprint density at radius 3 is 1.93 bits per heavy atom. The Hall–Kier alpha value is -3.87. The average molecular weight is 408 g/mol. The molecule has 0 aliphatic carbocycles. The van der Waals surface area contributed by atoms with Crippen molar-refractivity contribution in [2.45, 2.75) is 12.5 Å². The number of carbonyl (C=O) groups excluding carboxylic acids is 3. The van der Waals surface area contributed by atoms with Crippen LogP contribution in [-0.4, -0.2) is 23.6 Å². The summed E-state index contributed by atoms with van der Waals surface area (Å²) in [4.78, 5) is 36.5. The number of primary amides is 1. The molecule has 0 radical (unpaired) electrons. The van der Waals surface area contributed by atoms with Crippen LogP contribution >= 0.6 is 0 Å². The summed E-state index contributed by atoms with van der Waals surface area (Å²) in [7, 11) is 0. The molecule has 0 aromatic heterocycles. The van der Waals surface area contributed by atoms with Crippen LogP contribution in [0.25, 0.3) is 0 Å². The highest BCUT2D eigenvalue weighted by molar-refractivity contribution is 6.09. The fourth-order valence-corrected chi connectivity index (χ4v) is 2.93. The monoisotopic (exact) mass is 408 g/mol. The van der Waals surface area contributed by atoms with Crippen LogP contribution in [0.2, 0.25) is 0 Å². The lowest BCUT2D eigenvalue weighted by Crippen LogP contribution is -2.45. The number of amides is 2. The quantitative estimate of drug-likeness (QED) is 0.589. The molecule has 0 fully saturated rings. The number of halogens is 2. The Labute approximate surface area is 171 Å². The van der Waals surface area contributed by atoms with Crippen molar-refractivity contribution >= 4 is 17.6 Å². The molecule has 0 bridgehead atoms. The van der Waals surface area contributed by atoms with E-state index >= 15 is 0 Å². The fourth-order valence-electron chi connectivity index (χ4n) is 2.93. The Morgan fingerprint density at radius 1 is 0.800 bits per heavy atom. The van der Waals surface area contributed by atoms with Crippen molar-refractivity contribution in [2.75, 3.05) is 0 Å². The van der Waals surface area contributed by atoms with Crippen LogP contribution in [0.5, 0.6) is 0 Å². The first-order chi connectivity index (χ1) is 14.3. The Morgan fingerprint density at radius 2 is 1.37 bits per heavy atom. The van der Waals surface area contributed by atoms with Crippen LogP contribution in [0, 0.1) is 11.6 Å². The molecular weight excluding hydrogens is 390 g/mol. The maximum Gasteiger partial charge on any atom is 0.252 e. The Kier molecular flexibility index (Phi) is 6.32. The van der Waals surface area contributed by atoms with E-state index in [9.17, 15) is 23.2 Å². The van der Waals surface area contributed by atoms with Gasteiger partial charge in [0, 0.05) is 29.2 Å². The van der Waals surface area contributed by atoms with Gasteiger partial charge in [-0.1, -0.05) is 54.6 Å². The summed E-state index contributed by atoms with van der Waals surface area (Å²) < 4.78 is 26.6. The maximum atomic E-state index is 13.3. The summed E-state index contributed by atoms with van der Waals surface area (Å²) in [6.07, 6.45) is 0.0542. The van der Waals surface area contributed by atoms with Crippen LogP contribution < -0.4 is 11.1 Å². The zero-order valence-electron chi connectivity index (χ0n) is 15.8. The first-order valence-electron chi connectivity index (χ1n) is 9.08. The van der Waals surface area contributed by atoms with E-state index in [1.165, 1.54) is 0 Å². The van der Waals surface area contributed by atoms with E-state index < -0.39 is 29.5 Å². The van der Waals surface area contributed by atoms with E-state index in [-0.39, 0.29) is 17.8 Å². The number of hydrogen-bond donors (Lipinski definition) is 2. The van der Waals surface area contributed by atoms with E-state index in [0.717, 1.165) is 12.1 Å². The van der Waals surface area contributed by atoms with E-state index in [0.29, 0.717) is 22.8 Å². The third kappa shape index (κ3) is 5.14. The normalized spacial score (nSPS) is 11.5. The van der Waals surface area contributed by atoms with E-state index in [1.54, 1.807) is 48.5 Å². The first-order valence-corrected chi connectivity index (χ1v) is 9.08. The van der Waals surface area contributed by atoms with Crippen LogP contribution in [0.4, 0.5) is 8.78 Å². The third-order valence-electron chi connectivity index (χ3n) is 4.47. The number of nitrogens with one attached hydrogen (secondary N) is 1. The minimum Gasteiger partial charge on any atom is -0.368 e. The number of ketones is 1. The molecule has 3 aromatic carbocycles. The standard InChI is InChI=1S/C23H18F2N2O3/c24-18-11-17(12-19(25)13-18)23(30)27-20(22(26)29)10-14-6-8-16(9-7-14)21(28)15-4-2-1-3-5-15/h1-9,11-13,20H,10H2,(H2,26,29)(H,27,30)/t20-/m0/s1. The molecule has 1 atom stereocenters. The van der Waals surface area contributed by atoms with Crippen molar-refractivity contribution in [1.82, 2.24) is 5.32 Å². The van der Waals surface area contributed by atoms with E-state index in [4.69, 9.17) is 5.73 Å². The lowest BCUT2D eigenvalue weighted by Gasteiger charge is -2.16. The fraction of sp³-hybridized carbons (Fsp3) is 0.0870. The molecule has 0 unspecified atom stereocenters. The largest absolute Gasteiger partial charge is 0.368 e. The molecule has 0 saturated heterocycles. The van der Waals surface area contributed by atoms with Crippen LogP contribution in [0.15, 0.2) is 72.8 Å². The lowest BCUT2D eigenvalue weighted by atomic mass is 9.99. The van der Waals surface area contributed by atoms with Crippen LogP contribution in [-0.2, 0) is 11.2 Å². The van der Waals surface area contributed by atoms with Crippen molar-refractivity contribution in [2.24, 2.45) is 5.73 Å². The topological polar surface area (TPSA) is 89.3 Å². The Balaban J connectivity index is 1.71. The SMILES string of the molecule is NC(=O)[C@H](Cc1ccc(C(=O)c2ccccc2)cc1)NC(=O)c1cc(F)cc(F)c1.